The summed E-state index contributed by atoms with van der Waals surface area (Å²) < 4.78 is 16.3. The lowest BCUT2D eigenvalue weighted by Gasteiger charge is -2.12. The van der Waals surface area contributed by atoms with Gasteiger partial charge in [0.2, 0.25) is 0 Å². The number of benzene rings is 1. The van der Waals surface area contributed by atoms with E-state index in [4.69, 9.17) is 14.2 Å². The number of nitrogens with one attached hydrogen (secondary N) is 1. The predicted molar refractivity (Wildman–Crippen MR) is 79.4 cm³/mol. The molecular formula is C16H25NO3. The van der Waals surface area contributed by atoms with Gasteiger partial charge in [0, 0.05) is 13.2 Å². The molecule has 1 aromatic carbocycles. The fraction of sp³-hybridized carbons (Fsp3) is 0.625. The third-order valence-electron chi connectivity index (χ3n) is 3.38. The van der Waals surface area contributed by atoms with E-state index in [0.29, 0.717) is 19.8 Å². The van der Waals surface area contributed by atoms with Crippen LogP contribution >= 0.6 is 0 Å². The first-order chi connectivity index (χ1) is 9.83. The number of hydrogen-bond acceptors (Lipinski definition) is 4. The molecule has 0 radical (unpaired) electrons. The molecule has 0 amide bonds. The Bertz CT molecular complexity index is 405. The molecule has 4 nitrogen and oxygen atoms in total. The number of methoxy groups -OCH3 is 1. The minimum absolute atomic E-state index is 0.545. The molecule has 0 bridgehead atoms. The average molecular weight is 279 g/mol. The smallest absolute Gasteiger partial charge is 0.161 e. The maximum atomic E-state index is 5.67. The van der Waals surface area contributed by atoms with Gasteiger partial charge in [0.05, 0.1) is 13.7 Å². The second-order valence-electron chi connectivity index (χ2n) is 5.10. The van der Waals surface area contributed by atoms with E-state index in [-0.39, 0.29) is 0 Å². The standard InChI is InChI=1S/C16H25NO3/c1-3-19-8-9-20-15-7-6-14(10-16(15)18-2)12-17-11-13-4-5-13/h6-7,10,13,17H,3-5,8-9,11-12H2,1-2H3. The van der Waals surface area contributed by atoms with Crippen LogP contribution in [0.1, 0.15) is 25.3 Å². The molecule has 0 aliphatic heterocycles. The van der Waals surface area contributed by atoms with Crippen LogP contribution in [0.5, 0.6) is 11.5 Å². The third-order valence-corrected chi connectivity index (χ3v) is 3.38. The normalized spacial score (nSPS) is 14.3. The summed E-state index contributed by atoms with van der Waals surface area (Å²) in [6.07, 6.45) is 2.76. The van der Waals surface area contributed by atoms with Crippen molar-refractivity contribution in [3.8, 4) is 11.5 Å². The molecule has 1 aromatic rings. The van der Waals surface area contributed by atoms with Gasteiger partial charge in [-0.1, -0.05) is 6.07 Å². The van der Waals surface area contributed by atoms with E-state index in [1.165, 1.54) is 18.4 Å². The predicted octanol–water partition coefficient (Wildman–Crippen LogP) is 2.61. The van der Waals surface area contributed by atoms with Crippen molar-refractivity contribution < 1.29 is 14.2 Å². The third kappa shape index (κ3) is 5.02. The zero-order valence-electron chi connectivity index (χ0n) is 12.5. The summed E-state index contributed by atoms with van der Waals surface area (Å²) in [6, 6.07) is 6.09. The van der Waals surface area contributed by atoms with Crippen LogP contribution in [0, 0.1) is 5.92 Å². The molecule has 1 fully saturated rings. The fourth-order valence-corrected chi connectivity index (χ4v) is 2.04. The minimum Gasteiger partial charge on any atom is -0.493 e. The molecule has 0 unspecified atom stereocenters. The number of rotatable bonds is 10. The highest BCUT2D eigenvalue weighted by Gasteiger charge is 2.20. The molecule has 0 heterocycles. The van der Waals surface area contributed by atoms with E-state index in [1.54, 1.807) is 7.11 Å². The van der Waals surface area contributed by atoms with Crippen LogP contribution in [0.15, 0.2) is 18.2 Å². The van der Waals surface area contributed by atoms with E-state index in [1.807, 2.05) is 19.1 Å². The highest BCUT2D eigenvalue weighted by Crippen LogP contribution is 2.29. The van der Waals surface area contributed by atoms with Crippen LogP contribution < -0.4 is 14.8 Å². The van der Waals surface area contributed by atoms with Crippen LogP contribution in [0.2, 0.25) is 0 Å². The summed E-state index contributed by atoms with van der Waals surface area (Å²) in [5.74, 6) is 2.46. The van der Waals surface area contributed by atoms with Gasteiger partial charge in [-0.3, -0.25) is 0 Å². The van der Waals surface area contributed by atoms with Gasteiger partial charge < -0.3 is 19.5 Å². The lowest BCUT2D eigenvalue weighted by molar-refractivity contribution is 0.109. The van der Waals surface area contributed by atoms with Crippen molar-refractivity contribution >= 4 is 0 Å². The molecule has 2 rings (SSSR count). The van der Waals surface area contributed by atoms with Crippen LogP contribution in [0.3, 0.4) is 0 Å². The molecule has 0 atom stereocenters. The van der Waals surface area contributed by atoms with Gasteiger partial charge in [-0.25, -0.2) is 0 Å². The molecule has 1 aliphatic rings. The van der Waals surface area contributed by atoms with Crippen LogP contribution in [0.4, 0.5) is 0 Å². The first-order valence-corrected chi connectivity index (χ1v) is 7.41. The molecule has 4 heteroatoms. The van der Waals surface area contributed by atoms with Crippen molar-refractivity contribution in [3.05, 3.63) is 23.8 Å². The Morgan fingerprint density at radius 3 is 2.75 bits per heavy atom. The quantitative estimate of drug-likeness (QED) is 0.668. The summed E-state index contributed by atoms with van der Waals surface area (Å²) in [6.45, 7) is 5.84. The van der Waals surface area contributed by atoms with E-state index in [9.17, 15) is 0 Å². The van der Waals surface area contributed by atoms with Gasteiger partial charge in [0.1, 0.15) is 6.61 Å². The maximum absolute atomic E-state index is 5.67. The molecule has 1 N–H and O–H groups in total. The molecule has 1 aliphatic carbocycles. The zero-order valence-corrected chi connectivity index (χ0v) is 12.5. The highest BCUT2D eigenvalue weighted by molar-refractivity contribution is 5.42. The molecule has 1 saturated carbocycles. The molecule has 112 valence electrons. The number of hydrogen-bond donors (Lipinski definition) is 1. The molecular weight excluding hydrogens is 254 g/mol. The van der Waals surface area contributed by atoms with Gasteiger partial charge >= 0.3 is 0 Å². The topological polar surface area (TPSA) is 39.7 Å². The van der Waals surface area contributed by atoms with Gasteiger partial charge in [-0.2, -0.15) is 0 Å². The van der Waals surface area contributed by atoms with Crippen molar-refractivity contribution in [1.29, 1.82) is 0 Å². The van der Waals surface area contributed by atoms with Crippen molar-refractivity contribution in [1.82, 2.24) is 5.32 Å². The monoisotopic (exact) mass is 279 g/mol. The molecule has 0 spiro atoms. The Kier molecular flexibility index (Phi) is 6.15. The maximum Gasteiger partial charge on any atom is 0.161 e. The molecule has 20 heavy (non-hydrogen) atoms. The Balaban J connectivity index is 1.81. The Labute approximate surface area is 121 Å². The summed E-state index contributed by atoms with van der Waals surface area (Å²) in [5, 5.41) is 3.48. The van der Waals surface area contributed by atoms with Gasteiger partial charge in [-0.15, -0.1) is 0 Å². The molecule has 0 saturated heterocycles. The largest absolute Gasteiger partial charge is 0.493 e. The lowest BCUT2D eigenvalue weighted by atomic mass is 10.2. The Morgan fingerprint density at radius 2 is 2.05 bits per heavy atom. The van der Waals surface area contributed by atoms with Crippen molar-refractivity contribution in [2.75, 3.05) is 33.5 Å². The van der Waals surface area contributed by atoms with Gasteiger partial charge in [0.15, 0.2) is 11.5 Å². The molecule has 0 aromatic heterocycles. The Hall–Kier alpha value is -1.26. The van der Waals surface area contributed by atoms with E-state index < -0.39 is 0 Å². The van der Waals surface area contributed by atoms with Crippen LogP contribution in [-0.2, 0) is 11.3 Å². The minimum atomic E-state index is 0.545. The Morgan fingerprint density at radius 1 is 1.20 bits per heavy atom. The van der Waals surface area contributed by atoms with E-state index in [0.717, 1.165) is 30.5 Å². The van der Waals surface area contributed by atoms with Crippen molar-refractivity contribution in [2.24, 2.45) is 5.92 Å². The highest BCUT2D eigenvalue weighted by atomic mass is 16.5. The van der Waals surface area contributed by atoms with Gasteiger partial charge in [-0.05, 0) is 49.9 Å². The average Bonchev–Trinajstić information content (AvgIpc) is 3.28. The number of ether oxygens (including phenoxy) is 3. The summed E-state index contributed by atoms with van der Waals surface area (Å²) in [4.78, 5) is 0. The van der Waals surface area contributed by atoms with Crippen LogP contribution in [0.25, 0.3) is 0 Å². The van der Waals surface area contributed by atoms with Gasteiger partial charge in [0.25, 0.3) is 0 Å². The second-order valence-corrected chi connectivity index (χ2v) is 5.10. The summed E-state index contributed by atoms with van der Waals surface area (Å²) >= 11 is 0. The summed E-state index contributed by atoms with van der Waals surface area (Å²) in [5.41, 5.74) is 1.22. The van der Waals surface area contributed by atoms with E-state index >= 15 is 0 Å². The lowest BCUT2D eigenvalue weighted by Crippen LogP contribution is -2.16. The SMILES string of the molecule is CCOCCOc1ccc(CNCC2CC2)cc1OC. The second kappa shape index (κ2) is 8.12. The first kappa shape index (κ1) is 15.1. The fourth-order valence-electron chi connectivity index (χ4n) is 2.04. The summed E-state index contributed by atoms with van der Waals surface area (Å²) in [7, 11) is 1.67. The van der Waals surface area contributed by atoms with Crippen molar-refractivity contribution in [3.63, 3.8) is 0 Å². The first-order valence-electron chi connectivity index (χ1n) is 7.41. The van der Waals surface area contributed by atoms with Crippen molar-refractivity contribution in [2.45, 2.75) is 26.3 Å². The zero-order chi connectivity index (χ0) is 14.2. The van der Waals surface area contributed by atoms with Crippen LogP contribution in [-0.4, -0.2) is 33.5 Å². The van der Waals surface area contributed by atoms with E-state index in [2.05, 4.69) is 11.4 Å².